The normalized spacial score (nSPS) is 14.3. The third kappa shape index (κ3) is 24.9. The number of carbonyl (C=O) groups is 12. The van der Waals surface area contributed by atoms with E-state index in [0.29, 0.717) is 0 Å². The van der Waals surface area contributed by atoms with Crippen LogP contribution in [0.25, 0.3) is 0 Å². The maximum absolute atomic E-state index is 13.9. The molecule has 0 aliphatic heterocycles. The number of aliphatic hydroxyl groups is 1. The summed E-state index contributed by atoms with van der Waals surface area (Å²) < 4.78 is 0. The molecule has 26 nitrogen and oxygen atoms in total. The molecule has 1 aromatic carbocycles. The van der Waals surface area contributed by atoms with Gasteiger partial charge in [0.25, 0.3) is 0 Å². The van der Waals surface area contributed by atoms with Crippen LogP contribution in [0.15, 0.2) is 30.3 Å². The first-order valence-corrected chi connectivity index (χ1v) is 24.8. The summed E-state index contributed by atoms with van der Waals surface area (Å²) >= 11 is 0.880. The minimum absolute atomic E-state index is 0.0280. The Balaban J connectivity index is 3.26. The monoisotopic (exact) mass is 1050 g/mol. The SMILES string of the molecule is CNC(=O)[C@H](Cc1ccccc1)NC(=O)CSC[C@H](NC(=O)[C@H](CO)NC(=O)[C@@H](NC(=O)[C@H](CC(C)C)NC(=O)[C@H](CC(N)=O)NC(=O)[C@@H](CC(C)C)NC(=O)[C@H](CN)NC(C)=O)C(C)C)C(=O)NCC(N)=O. The van der Waals surface area contributed by atoms with Crippen molar-refractivity contribution in [1.29, 1.82) is 0 Å². The van der Waals surface area contributed by atoms with Crippen LogP contribution in [-0.4, -0.2) is 163 Å². The maximum Gasteiger partial charge on any atom is 0.245 e. The molecule has 0 aromatic heterocycles. The molecule has 0 aliphatic carbocycles. The third-order valence-electron chi connectivity index (χ3n) is 10.5. The lowest BCUT2D eigenvalue weighted by atomic mass is 9.99. The first kappa shape index (κ1) is 64.1. The van der Waals surface area contributed by atoms with Gasteiger partial charge >= 0.3 is 0 Å². The first-order valence-electron chi connectivity index (χ1n) is 23.6. The number of benzene rings is 1. The van der Waals surface area contributed by atoms with E-state index in [9.17, 15) is 62.6 Å². The molecule has 1 rings (SSSR count). The maximum atomic E-state index is 13.9. The number of rotatable bonds is 33. The van der Waals surface area contributed by atoms with Gasteiger partial charge in [-0.3, -0.25) is 57.5 Å². The molecule has 0 heterocycles. The van der Waals surface area contributed by atoms with Crippen LogP contribution in [0.4, 0.5) is 0 Å². The first-order chi connectivity index (χ1) is 34.2. The van der Waals surface area contributed by atoms with Crippen LogP contribution < -0.4 is 70.4 Å². The van der Waals surface area contributed by atoms with Crippen molar-refractivity contribution in [3.63, 3.8) is 0 Å². The van der Waals surface area contributed by atoms with Gasteiger partial charge in [-0.15, -0.1) is 11.8 Å². The summed E-state index contributed by atoms with van der Waals surface area (Å²) in [5.41, 5.74) is 17.1. The number of nitrogens with one attached hydrogen (secondary N) is 10. The molecule has 8 atom stereocenters. The Bertz CT molecular complexity index is 2080. The highest BCUT2D eigenvalue weighted by atomic mass is 32.2. The Labute approximate surface area is 428 Å². The lowest BCUT2D eigenvalue weighted by molar-refractivity contribution is -0.137. The zero-order chi connectivity index (χ0) is 55.5. The highest BCUT2D eigenvalue weighted by Crippen LogP contribution is 2.12. The lowest BCUT2D eigenvalue weighted by Crippen LogP contribution is -2.62. The summed E-state index contributed by atoms with van der Waals surface area (Å²) in [5, 5.41) is 34.7. The highest BCUT2D eigenvalue weighted by Gasteiger charge is 2.36. The van der Waals surface area contributed by atoms with Gasteiger partial charge in [0.1, 0.15) is 48.3 Å². The van der Waals surface area contributed by atoms with Crippen molar-refractivity contribution < 1.29 is 62.6 Å². The Kier molecular flexibility index (Phi) is 29.0. The summed E-state index contributed by atoms with van der Waals surface area (Å²) in [5.74, 6) is -11.7. The molecule has 0 saturated heterocycles. The van der Waals surface area contributed by atoms with Crippen LogP contribution in [0.3, 0.4) is 0 Å². The van der Waals surface area contributed by atoms with Crippen LogP contribution in [0.5, 0.6) is 0 Å². The average molecular weight is 1050 g/mol. The molecule has 0 fully saturated rings. The number of hydrogen-bond acceptors (Lipinski definition) is 15. The van der Waals surface area contributed by atoms with Crippen molar-refractivity contribution in [2.24, 2.45) is 35.0 Å². The van der Waals surface area contributed by atoms with E-state index in [-0.39, 0.29) is 49.1 Å². The van der Waals surface area contributed by atoms with Gasteiger partial charge in [-0.1, -0.05) is 71.9 Å². The predicted octanol–water partition coefficient (Wildman–Crippen LogP) is -5.22. The molecule has 0 aliphatic rings. The molecule has 0 saturated carbocycles. The Morgan fingerprint density at radius 3 is 1.53 bits per heavy atom. The Morgan fingerprint density at radius 1 is 0.562 bits per heavy atom. The van der Waals surface area contributed by atoms with Gasteiger partial charge in [0.05, 0.1) is 25.3 Å². The van der Waals surface area contributed by atoms with Crippen molar-refractivity contribution in [2.45, 2.75) is 122 Å². The van der Waals surface area contributed by atoms with Crippen molar-refractivity contribution in [2.75, 3.05) is 38.2 Å². The average Bonchev–Trinajstić information content (AvgIpc) is 3.31. The number of hydrogen-bond donors (Lipinski definition) is 14. The summed E-state index contributed by atoms with van der Waals surface area (Å²) in [6.07, 6.45) is -0.521. The van der Waals surface area contributed by atoms with Gasteiger partial charge in [0.15, 0.2) is 0 Å². The van der Waals surface area contributed by atoms with Gasteiger partial charge in [0, 0.05) is 32.7 Å². The number of likely N-dealkylation sites (N-methyl/N-ethyl adjacent to an activating group) is 1. The largest absolute Gasteiger partial charge is 0.394 e. The van der Waals surface area contributed by atoms with Crippen molar-refractivity contribution in [3.8, 4) is 0 Å². The summed E-state index contributed by atoms with van der Waals surface area (Å²) in [4.78, 5) is 156. The Hall–Kier alpha value is -6.87. The molecule has 0 bridgehead atoms. The molecule has 0 spiro atoms. The quantitative estimate of drug-likeness (QED) is 0.0313. The second kappa shape index (κ2) is 33.0. The number of carbonyl (C=O) groups excluding carboxylic acids is 12. The van der Waals surface area contributed by atoms with Crippen LogP contribution in [-0.2, 0) is 64.0 Å². The number of nitrogens with two attached hydrogens (primary N) is 3. The van der Waals surface area contributed by atoms with Crippen molar-refractivity contribution in [3.05, 3.63) is 35.9 Å². The zero-order valence-electron chi connectivity index (χ0n) is 42.6. The van der Waals surface area contributed by atoms with Crippen LogP contribution in [0, 0.1) is 17.8 Å². The van der Waals surface area contributed by atoms with Crippen LogP contribution >= 0.6 is 11.8 Å². The van der Waals surface area contributed by atoms with Gasteiger partial charge < -0.3 is 75.5 Å². The molecule has 0 radical (unpaired) electrons. The van der Waals surface area contributed by atoms with Crippen LogP contribution in [0.2, 0.25) is 0 Å². The van der Waals surface area contributed by atoms with Gasteiger partial charge in [-0.25, -0.2) is 0 Å². The molecular weight excluding hydrogens is 975 g/mol. The van der Waals surface area contributed by atoms with Crippen LogP contribution in [0.1, 0.15) is 73.3 Å². The molecule has 27 heteroatoms. The van der Waals surface area contributed by atoms with E-state index in [2.05, 4.69) is 53.2 Å². The minimum Gasteiger partial charge on any atom is -0.394 e. The third-order valence-corrected chi connectivity index (χ3v) is 11.5. The fraction of sp³-hybridized carbons (Fsp3) is 0.609. The zero-order valence-corrected chi connectivity index (χ0v) is 43.4. The van der Waals surface area contributed by atoms with Gasteiger partial charge in [-0.2, -0.15) is 0 Å². The molecule has 1 aromatic rings. The topological polar surface area (TPSA) is 423 Å². The van der Waals surface area contributed by atoms with Gasteiger partial charge in [-0.05, 0) is 36.2 Å². The van der Waals surface area contributed by atoms with E-state index in [4.69, 9.17) is 17.2 Å². The lowest BCUT2D eigenvalue weighted by Gasteiger charge is -2.29. The second-order valence-corrected chi connectivity index (χ2v) is 19.3. The second-order valence-electron chi connectivity index (χ2n) is 18.3. The van der Waals surface area contributed by atoms with E-state index in [1.54, 1.807) is 71.9 Å². The molecule has 12 amide bonds. The van der Waals surface area contributed by atoms with Crippen molar-refractivity contribution in [1.82, 2.24) is 53.2 Å². The summed E-state index contributed by atoms with van der Waals surface area (Å²) in [7, 11) is 1.42. The van der Waals surface area contributed by atoms with E-state index >= 15 is 0 Å². The fourth-order valence-corrected chi connectivity index (χ4v) is 7.70. The predicted molar refractivity (Wildman–Crippen MR) is 269 cm³/mol. The van der Waals surface area contributed by atoms with Crippen molar-refractivity contribution >= 4 is 82.6 Å². The number of amides is 12. The standard InChI is InChI=1S/C46H75N13O13S/c1-23(2)14-28(55-44(70)32(18-47)52-26(7)61)41(67)56-31(17-35(48)62)42(68)54-29(15-24(3)4)43(69)59-38(25(5)6)46(72)57-33(20-60)45(71)58-34(40(66)51-19-36(49)63)21-73-22-37(64)53-30(39(65)50-8)16-27-12-10-9-11-13-27/h9-13,23-25,28-34,38,60H,14-22,47H2,1-8H3,(H2,48,62)(H2,49,63)(H,50,65)(H,51,66)(H,52,61)(H,53,64)(H,54,68)(H,55,70)(H,56,67)(H,57,72)(H,58,71)(H,59,69)/t28-,29+,30+,31+,32+,33+,34+,38+/m1/s1. The Morgan fingerprint density at radius 2 is 1.05 bits per heavy atom. The number of aliphatic hydroxyl groups excluding tert-OH is 1. The fourth-order valence-electron chi connectivity index (χ4n) is 6.85. The summed E-state index contributed by atoms with van der Waals surface area (Å²) in [6.45, 7) is 9.33. The van der Waals surface area contributed by atoms with E-state index in [1.165, 1.54) is 14.0 Å². The van der Waals surface area contributed by atoms with Gasteiger partial charge in [0.2, 0.25) is 70.9 Å². The highest BCUT2D eigenvalue weighted by molar-refractivity contribution is 8.00. The van der Waals surface area contributed by atoms with E-state index < -0.39 is 145 Å². The minimum atomic E-state index is -1.73. The molecule has 73 heavy (non-hydrogen) atoms. The molecule has 17 N–H and O–H groups in total. The number of primary amides is 2. The molecular formula is C46H75N13O13S. The molecule has 408 valence electrons. The number of thioether (sulfide) groups is 1. The molecule has 0 unspecified atom stereocenters. The van der Waals surface area contributed by atoms with E-state index in [1.807, 2.05) is 0 Å². The summed E-state index contributed by atoms with van der Waals surface area (Å²) in [6, 6.07) is -2.11. The smallest absolute Gasteiger partial charge is 0.245 e. The van der Waals surface area contributed by atoms with E-state index in [0.717, 1.165) is 17.3 Å².